The molecule has 0 bridgehead atoms. The number of benzene rings is 1. The molecule has 3 nitrogen and oxygen atoms in total. The second-order valence-electron chi connectivity index (χ2n) is 6.27. The van der Waals surface area contributed by atoms with Gasteiger partial charge in [0, 0.05) is 32.6 Å². The molecule has 0 heterocycles. The van der Waals surface area contributed by atoms with Gasteiger partial charge in [-0.15, -0.1) is 24.0 Å². The van der Waals surface area contributed by atoms with E-state index in [1.54, 1.807) is 0 Å². The Morgan fingerprint density at radius 3 is 2.55 bits per heavy atom. The maximum atomic E-state index is 4.42. The quantitative estimate of drug-likeness (QED) is 0.433. The summed E-state index contributed by atoms with van der Waals surface area (Å²) in [6.07, 6.45) is 4.98. The lowest BCUT2D eigenvalue weighted by atomic mass is 9.92. The molecule has 1 aliphatic rings. The number of guanidine groups is 1. The molecule has 1 saturated carbocycles. The van der Waals surface area contributed by atoms with Crippen LogP contribution in [0.3, 0.4) is 0 Å². The van der Waals surface area contributed by atoms with Crippen molar-refractivity contribution in [3.05, 3.63) is 35.4 Å². The molecular weight excluding hydrogens is 385 g/mol. The third-order valence-corrected chi connectivity index (χ3v) is 4.58. The summed E-state index contributed by atoms with van der Waals surface area (Å²) in [5, 5.41) is 3.58. The van der Waals surface area contributed by atoms with Gasteiger partial charge in [-0.1, -0.05) is 37.6 Å². The van der Waals surface area contributed by atoms with Crippen molar-refractivity contribution in [1.82, 2.24) is 10.2 Å². The zero-order chi connectivity index (χ0) is 15.3. The lowest BCUT2D eigenvalue weighted by Gasteiger charge is -2.25. The van der Waals surface area contributed by atoms with Crippen LogP contribution in [0.5, 0.6) is 0 Å². The standard InChI is InChI=1S/C18H29N3.HI/c1-5-6-13-21(4)17(19-3)20-14-18(11-12-18)16-10-8-7-9-15(16)2;/h7-10H,5-6,11-14H2,1-4H3,(H,19,20);1H. The highest BCUT2D eigenvalue weighted by Crippen LogP contribution is 2.48. The number of hydrogen-bond donors (Lipinski definition) is 1. The second kappa shape index (κ2) is 8.75. The van der Waals surface area contributed by atoms with Crippen LogP contribution in [0.4, 0.5) is 0 Å². The molecule has 0 radical (unpaired) electrons. The first-order valence-electron chi connectivity index (χ1n) is 8.11. The van der Waals surface area contributed by atoms with Crippen molar-refractivity contribution in [2.75, 3.05) is 27.2 Å². The summed E-state index contributed by atoms with van der Waals surface area (Å²) in [7, 11) is 4.00. The van der Waals surface area contributed by atoms with Crippen LogP contribution in [0.15, 0.2) is 29.3 Å². The Kier molecular flexibility index (Phi) is 7.66. The van der Waals surface area contributed by atoms with Gasteiger partial charge in [-0.3, -0.25) is 4.99 Å². The highest BCUT2D eigenvalue weighted by atomic mass is 127. The van der Waals surface area contributed by atoms with Gasteiger partial charge in [-0.05, 0) is 37.3 Å². The maximum absolute atomic E-state index is 4.42. The highest BCUT2D eigenvalue weighted by Gasteiger charge is 2.44. The van der Waals surface area contributed by atoms with E-state index in [4.69, 9.17) is 0 Å². The van der Waals surface area contributed by atoms with Gasteiger partial charge in [0.2, 0.25) is 0 Å². The Morgan fingerprint density at radius 1 is 1.32 bits per heavy atom. The van der Waals surface area contributed by atoms with Crippen molar-refractivity contribution in [3.63, 3.8) is 0 Å². The van der Waals surface area contributed by atoms with Crippen molar-refractivity contribution in [1.29, 1.82) is 0 Å². The van der Waals surface area contributed by atoms with Crippen LogP contribution in [0.25, 0.3) is 0 Å². The Labute approximate surface area is 152 Å². The molecule has 1 aliphatic carbocycles. The Morgan fingerprint density at radius 2 is 2.00 bits per heavy atom. The molecule has 0 saturated heterocycles. The molecule has 1 N–H and O–H groups in total. The fourth-order valence-corrected chi connectivity index (χ4v) is 2.99. The van der Waals surface area contributed by atoms with Crippen molar-refractivity contribution in [3.8, 4) is 0 Å². The highest BCUT2D eigenvalue weighted by molar-refractivity contribution is 14.0. The molecule has 2 rings (SSSR count). The fraction of sp³-hybridized carbons (Fsp3) is 0.611. The number of halogens is 1. The normalized spacial score (nSPS) is 15.9. The Bertz CT molecular complexity index is 495. The summed E-state index contributed by atoms with van der Waals surface area (Å²) in [6, 6.07) is 8.79. The van der Waals surface area contributed by atoms with Gasteiger partial charge < -0.3 is 10.2 Å². The smallest absolute Gasteiger partial charge is 0.193 e. The molecule has 1 aromatic rings. The maximum Gasteiger partial charge on any atom is 0.193 e. The minimum Gasteiger partial charge on any atom is -0.355 e. The summed E-state index contributed by atoms with van der Waals surface area (Å²) in [4.78, 5) is 6.65. The summed E-state index contributed by atoms with van der Waals surface area (Å²) in [5.41, 5.74) is 3.24. The van der Waals surface area contributed by atoms with Crippen LogP contribution in [-0.4, -0.2) is 38.0 Å². The zero-order valence-electron chi connectivity index (χ0n) is 14.4. The molecule has 1 aromatic carbocycles. The average molecular weight is 415 g/mol. The van der Waals surface area contributed by atoms with E-state index in [9.17, 15) is 0 Å². The van der Waals surface area contributed by atoms with Gasteiger partial charge in [-0.2, -0.15) is 0 Å². The van der Waals surface area contributed by atoms with E-state index in [1.807, 2.05) is 7.05 Å². The molecule has 0 amide bonds. The molecule has 124 valence electrons. The number of nitrogens with zero attached hydrogens (tertiary/aromatic N) is 2. The van der Waals surface area contributed by atoms with Crippen molar-refractivity contribution < 1.29 is 0 Å². The van der Waals surface area contributed by atoms with Gasteiger partial charge in [0.1, 0.15) is 0 Å². The van der Waals surface area contributed by atoms with Crippen molar-refractivity contribution in [2.45, 2.75) is 44.9 Å². The Balaban J connectivity index is 0.00000242. The number of aryl methyl sites for hydroxylation is 1. The van der Waals surface area contributed by atoms with Gasteiger partial charge in [0.05, 0.1) is 0 Å². The second-order valence-corrected chi connectivity index (χ2v) is 6.27. The SMILES string of the molecule is CCCCN(C)C(=NC)NCC1(c2ccccc2C)CC1.I. The van der Waals surface area contributed by atoms with Gasteiger partial charge in [0.15, 0.2) is 5.96 Å². The first kappa shape index (κ1) is 19.3. The van der Waals surface area contributed by atoms with Crippen LogP contribution in [0.2, 0.25) is 0 Å². The van der Waals surface area contributed by atoms with E-state index in [0.717, 1.165) is 19.0 Å². The summed E-state index contributed by atoms with van der Waals surface area (Å²) >= 11 is 0. The van der Waals surface area contributed by atoms with Crippen molar-refractivity contribution >= 4 is 29.9 Å². The van der Waals surface area contributed by atoms with Crippen molar-refractivity contribution in [2.24, 2.45) is 4.99 Å². The summed E-state index contributed by atoms with van der Waals surface area (Å²) in [5.74, 6) is 1.02. The molecule has 0 spiro atoms. The number of unbranched alkanes of at least 4 members (excludes halogenated alkanes) is 1. The van der Waals surface area contributed by atoms with Crippen LogP contribution in [0.1, 0.15) is 43.7 Å². The predicted molar refractivity (Wildman–Crippen MR) is 106 cm³/mol. The third kappa shape index (κ3) is 4.61. The van der Waals surface area contributed by atoms with Crippen LogP contribution < -0.4 is 5.32 Å². The molecule has 0 unspecified atom stereocenters. The number of rotatable bonds is 6. The summed E-state index contributed by atoms with van der Waals surface area (Å²) < 4.78 is 0. The predicted octanol–water partition coefficient (Wildman–Crippen LogP) is 3.95. The van der Waals surface area contributed by atoms with E-state index in [2.05, 4.69) is 60.4 Å². The minimum absolute atomic E-state index is 0. The monoisotopic (exact) mass is 415 g/mol. The first-order chi connectivity index (χ1) is 10.1. The lowest BCUT2D eigenvalue weighted by Crippen LogP contribution is -2.42. The Hall–Kier alpha value is -0.780. The van der Waals surface area contributed by atoms with Crippen LogP contribution in [0, 0.1) is 6.92 Å². The van der Waals surface area contributed by atoms with E-state index < -0.39 is 0 Å². The number of aliphatic imine (C=N–C) groups is 1. The van der Waals surface area contributed by atoms with E-state index in [1.165, 1.54) is 36.8 Å². The average Bonchev–Trinajstić information content (AvgIpc) is 3.27. The van der Waals surface area contributed by atoms with Gasteiger partial charge in [-0.25, -0.2) is 0 Å². The largest absolute Gasteiger partial charge is 0.355 e. The molecule has 0 atom stereocenters. The van der Waals surface area contributed by atoms with Crippen LogP contribution >= 0.6 is 24.0 Å². The lowest BCUT2D eigenvalue weighted by molar-refractivity contribution is 0.459. The fourth-order valence-electron chi connectivity index (χ4n) is 2.99. The molecule has 0 aliphatic heterocycles. The minimum atomic E-state index is 0. The van der Waals surface area contributed by atoms with Crippen LogP contribution in [-0.2, 0) is 5.41 Å². The number of hydrogen-bond acceptors (Lipinski definition) is 1. The first-order valence-corrected chi connectivity index (χ1v) is 8.11. The summed E-state index contributed by atoms with van der Waals surface area (Å²) in [6.45, 7) is 6.49. The van der Waals surface area contributed by atoms with E-state index in [-0.39, 0.29) is 24.0 Å². The van der Waals surface area contributed by atoms with Gasteiger partial charge >= 0.3 is 0 Å². The topological polar surface area (TPSA) is 27.6 Å². The molecule has 0 aromatic heterocycles. The zero-order valence-corrected chi connectivity index (χ0v) is 16.7. The molecular formula is C18H30IN3. The molecule has 22 heavy (non-hydrogen) atoms. The van der Waals surface area contributed by atoms with E-state index in [0.29, 0.717) is 5.41 Å². The van der Waals surface area contributed by atoms with E-state index >= 15 is 0 Å². The molecule has 4 heteroatoms. The number of nitrogens with one attached hydrogen (secondary N) is 1. The third-order valence-electron chi connectivity index (χ3n) is 4.58. The van der Waals surface area contributed by atoms with Gasteiger partial charge in [0.25, 0.3) is 0 Å². The molecule has 1 fully saturated rings.